The van der Waals surface area contributed by atoms with Gasteiger partial charge in [-0.1, -0.05) is 143 Å². The van der Waals surface area contributed by atoms with E-state index in [1.807, 2.05) is 18.5 Å². The van der Waals surface area contributed by atoms with Gasteiger partial charge in [0.05, 0.1) is 0 Å². The predicted octanol–water partition coefficient (Wildman–Crippen LogP) is 13.0. The zero-order valence-electron chi connectivity index (χ0n) is 28.9. The first-order valence-corrected chi connectivity index (χ1v) is 17.7. The summed E-state index contributed by atoms with van der Waals surface area (Å²) in [6.07, 6.45) is 3.86. The minimum atomic E-state index is -0.0802. The molecule has 0 aliphatic heterocycles. The molecule has 238 valence electrons. The van der Waals surface area contributed by atoms with Crippen LogP contribution >= 0.6 is 0 Å². The van der Waals surface area contributed by atoms with Crippen molar-refractivity contribution >= 4 is 21.5 Å². The molecule has 0 atom stereocenters. The Morgan fingerprint density at radius 3 is 1.46 bits per heavy atom. The highest BCUT2D eigenvalue weighted by atomic mass is 14.6. The summed E-state index contributed by atoms with van der Waals surface area (Å²) in [7, 11) is 0. The molecule has 2 aliphatic rings. The Bertz CT molecular complexity index is 2690. The third kappa shape index (κ3) is 3.98. The van der Waals surface area contributed by atoms with E-state index in [4.69, 9.17) is 0 Å². The Labute approximate surface area is 293 Å². The van der Waals surface area contributed by atoms with Crippen LogP contribution in [0.4, 0.5) is 0 Å². The quantitative estimate of drug-likeness (QED) is 0.175. The van der Waals surface area contributed by atoms with Crippen LogP contribution in [0.1, 0.15) is 49.9 Å². The summed E-state index contributed by atoms with van der Waals surface area (Å²) >= 11 is 0. The molecule has 0 radical (unpaired) electrons. The summed E-state index contributed by atoms with van der Waals surface area (Å²) in [5, 5.41) is 5.01. The van der Waals surface area contributed by atoms with Gasteiger partial charge in [-0.2, -0.15) is 0 Å². The van der Waals surface area contributed by atoms with E-state index in [0.29, 0.717) is 0 Å². The molecular formula is C49H37N. The fourth-order valence-corrected chi connectivity index (χ4v) is 9.23. The largest absolute Gasteiger partial charge is 0.264 e. The molecule has 0 fully saturated rings. The number of benzene rings is 7. The highest BCUT2D eigenvalue weighted by Gasteiger charge is 2.36. The van der Waals surface area contributed by atoms with Crippen molar-refractivity contribution in [3.05, 3.63) is 174 Å². The second-order valence-electron chi connectivity index (χ2n) is 15.2. The average Bonchev–Trinajstić information content (AvgIpc) is 3.53. The van der Waals surface area contributed by atoms with Crippen LogP contribution in [0.25, 0.3) is 77.2 Å². The van der Waals surface area contributed by atoms with Crippen molar-refractivity contribution in [1.82, 2.24) is 4.98 Å². The minimum absolute atomic E-state index is 0.0532. The minimum Gasteiger partial charge on any atom is -0.264 e. The van der Waals surface area contributed by atoms with Crippen molar-refractivity contribution in [1.29, 1.82) is 0 Å². The fourth-order valence-electron chi connectivity index (χ4n) is 9.23. The molecule has 7 aromatic carbocycles. The number of hydrogen-bond acceptors (Lipinski definition) is 1. The molecule has 0 bridgehead atoms. The zero-order chi connectivity index (χ0) is 33.8. The van der Waals surface area contributed by atoms with Gasteiger partial charge in [-0.15, -0.1) is 0 Å². The van der Waals surface area contributed by atoms with Gasteiger partial charge in [0.15, 0.2) is 0 Å². The Morgan fingerprint density at radius 1 is 0.360 bits per heavy atom. The molecule has 1 nitrogen and oxygen atoms in total. The van der Waals surface area contributed by atoms with Crippen molar-refractivity contribution in [3.63, 3.8) is 0 Å². The fraction of sp³-hybridized carbons (Fsp3) is 0.122. The summed E-state index contributed by atoms with van der Waals surface area (Å²) < 4.78 is 0. The van der Waals surface area contributed by atoms with E-state index in [0.717, 1.165) is 5.56 Å². The molecule has 2 aliphatic carbocycles. The summed E-state index contributed by atoms with van der Waals surface area (Å²) in [4.78, 5) is 4.56. The van der Waals surface area contributed by atoms with Crippen LogP contribution in [0.3, 0.4) is 0 Å². The van der Waals surface area contributed by atoms with Crippen molar-refractivity contribution < 1.29 is 0 Å². The van der Waals surface area contributed by atoms with E-state index in [9.17, 15) is 0 Å². The van der Waals surface area contributed by atoms with E-state index >= 15 is 0 Å². The van der Waals surface area contributed by atoms with Crippen molar-refractivity contribution in [3.8, 4) is 55.6 Å². The van der Waals surface area contributed by atoms with E-state index < -0.39 is 0 Å². The first-order chi connectivity index (χ1) is 24.3. The SMILES string of the molecule is CC1(C)c2ccccc2-c2ccc(-c3ccc4c(-c5cccnc5)c5ccccc5c(-c5ccc6c(c5)C(C)(C)c5ccccc5-6)c4c3)cc21. The number of rotatable bonds is 3. The maximum absolute atomic E-state index is 4.56. The lowest BCUT2D eigenvalue weighted by molar-refractivity contribution is 0.660. The van der Waals surface area contributed by atoms with Gasteiger partial charge < -0.3 is 0 Å². The Balaban J connectivity index is 1.25. The molecular weight excluding hydrogens is 603 g/mol. The highest BCUT2D eigenvalue weighted by Crippen LogP contribution is 2.52. The van der Waals surface area contributed by atoms with Crippen LogP contribution < -0.4 is 0 Å². The Morgan fingerprint density at radius 2 is 0.840 bits per heavy atom. The first kappa shape index (κ1) is 29.2. The van der Waals surface area contributed by atoms with Crippen LogP contribution in [0.15, 0.2) is 152 Å². The van der Waals surface area contributed by atoms with E-state index in [1.54, 1.807) is 0 Å². The summed E-state index contributed by atoms with van der Waals surface area (Å²) in [6.45, 7) is 9.46. The second kappa shape index (κ2) is 10.4. The van der Waals surface area contributed by atoms with Crippen molar-refractivity contribution in [2.45, 2.75) is 38.5 Å². The van der Waals surface area contributed by atoms with E-state index in [2.05, 4.69) is 166 Å². The number of fused-ring (bicyclic) bond motifs is 8. The zero-order valence-corrected chi connectivity index (χ0v) is 28.9. The number of nitrogens with zero attached hydrogens (tertiary/aromatic N) is 1. The average molecular weight is 640 g/mol. The van der Waals surface area contributed by atoms with Crippen LogP contribution in [0.5, 0.6) is 0 Å². The Kier molecular flexibility index (Phi) is 6.04. The third-order valence-corrected chi connectivity index (χ3v) is 11.8. The molecule has 0 spiro atoms. The monoisotopic (exact) mass is 639 g/mol. The van der Waals surface area contributed by atoms with Gasteiger partial charge in [0.25, 0.3) is 0 Å². The normalized spacial score (nSPS) is 14.7. The number of aromatic nitrogens is 1. The van der Waals surface area contributed by atoms with Crippen LogP contribution in [0, 0.1) is 0 Å². The predicted molar refractivity (Wildman–Crippen MR) is 211 cm³/mol. The highest BCUT2D eigenvalue weighted by molar-refractivity contribution is 6.22. The summed E-state index contributed by atoms with van der Waals surface area (Å²) in [5.74, 6) is 0. The third-order valence-electron chi connectivity index (χ3n) is 11.8. The molecule has 1 aromatic heterocycles. The molecule has 0 saturated heterocycles. The Hall–Kier alpha value is -5.79. The van der Waals surface area contributed by atoms with Crippen LogP contribution in [-0.2, 0) is 10.8 Å². The van der Waals surface area contributed by atoms with Gasteiger partial charge in [-0.3, -0.25) is 4.98 Å². The van der Waals surface area contributed by atoms with Crippen molar-refractivity contribution in [2.75, 3.05) is 0 Å². The van der Waals surface area contributed by atoms with Gasteiger partial charge in [-0.25, -0.2) is 0 Å². The second-order valence-corrected chi connectivity index (χ2v) is 15.2. The van der Waals surface area contributed by atoms with Crippen molar-refractivity contribution in [2.24, 2.45) is 0 Å². The molecule has 0 unspecified atom stereocenters. The first-order valence-electron chi connectivity index (χ1n) is 17.7. The van der Waals surface area contributed by atoms with Gasteiger partial charge >= 0.3 is 0 Å². The molecule has 0 saturated carbocycles. The smallest absolute Gasteiger partial charge is 0.0346 e. The summed E-state index contributed by atoms with van der Waals surface area (Å²) in [6, 6.07) is 52.4. The van der Waals surface area contributed by atoms with Crippen LogP contribution in [0.2, 0.25) is 0 Å². The maximum atomic E-state index is 4.56. The molecule has 1 heterocycles. The number of pyridine rings is 1. The lowest BCUT2D eigenvalue weighted by Gasteiger charge is -2.23. The van der Waals surface area contributed by atoms with Crippen LogP contribution in [-0.4, -0.2) is 4.98 Å². The topological polar surface area (TPSA) is 12.9 Å². The van der Waals surface area contributed by atoms with Gasteiger partial charge in [0, 0.05) is 28.8 Å². The molecule has 8 aromatic rings. The standard InChI is InChI=1S/C49H37N/c1-48(2)42-17-9-7-13-34(42)36-22-19-31(27-44(36)48)30-20-24-40-41(26-30)46(38-15-5-6-16-39(38)47(40)33-12-11-25-50-29-33)32-21-23-37-35-14-8-10-18-43(35)49(3,4)45(37)28-32/h5-29H,1-4H3. The molecule has 0 N–H and O–H groups in total. The molecule has 0 amide bonds. The van der Waals surface area contributed by atoms with Gasteiger partial charge in [-0.05, 0) is 118 Å². The van der Waals surface area contributed by atoms with E-state index in [1.165, 1.54) is 93.9 Å². The lowest BCUT2D eigenvalue weighted by atomic mass is 9.80. The molecule has 10 rings (SSSR count). The lowest BCUT2D eigenvalue weighted by Crippen LogP contribution is -2.14. The summed E-state index contributed by atoms with van der Waals surface area (Å²) in [5.41, 5.74) is 18.2. The van der Waals surface area contributed by atoms with E-state index in [-0.39, 0.29) is 10.8 Å². The molecule has 50 heavy (non-hydrogen) atoms. The molecule has 1 heteroatoms. The van der Waals surface area contributed by atoms with Gasteiger partial charge in [0.2, 0.25) is 0 Å². The van der Waals surface area contributed by atoms with Gasteiger partial charge in [0.1, 0.15) is 0 Å². The maximum Gasteiger partial charge on any atom is 0.0346 e. The number of hydrogen-bond donors (Lipinski definition) is 0.